The maximum atomic E-state index is 9.05. The topological polar surface area (TPSA) is 59.0 Å². The normalized spacial score (nSPS) is 11.3. The molecule has 2 rings (SSSR count). The third-order valence-corrected chi connectivity index (χ3v) is 3.68. The number of rotatable bonds is 6. The summed E-state index contributed by atoms with van der Waals surface area (Å²) in [5.74, 6) is 0.882. The van der Waals surface area contributed by atoms with Gasteiger partial charge in [0.2, 0.25) is 0 Å². The molecule has 0 radical (unpaired) electrons. The minimum Gasteiger partial charge on any atom is -0.493 e. The summed E-state index contributed by atoms with van der Waals surface area (Å²) in [6, 6.07) is 14.6. The summed E-state index contributed by atoms with van der Waals surface area (Å²) in [4.78, 5) is 0. The number of hydrogen-bond donors (Lipinski definition) is 1. The summed E-state index contributed by atoms with van der Waals surface area (Å²) >= 11 is 0. The molecule has 0 bridgehead atoms. The number of ether oxygens (including phenoxy) is 1. The Morgan fingerprint density at radius 3 is 2.67 bits per heavy atom. The van der Waals surface area contributed by atoms with E-state index in [9.17, 15) is 0 Å². The number of hydrogen-bond acceptors (Lipinski definition) is 3. The van der Waals surface area contributed by atoms with Gasteiger partial charge in [-0.2, -0.15) is 5.26 Å². The van der Waals surface area contributed by atoms with Crippen molar-refractivity contribution >= 4 is 10.8 Å². The van der Waals surface area contributed by atoms with Gasteiger partial charge in [0, 0.05) is 5.56 Å². The van der Waals surface area contributed by atoms with Crippen LogP contribution in [0.2, 0.25) is 0 Å². The fourth-order valence-corrected chi connectivity index (χ4v) is 2.33. The van der Waals surface area contributed by atoms with Crippen molar-refractivity contribution in [1.29, 1.82) is 5.26 Å². The van der Waals surface area contributed by atoms with Crippen molar-refractivity contribution in [1.82, 2.24) is 0 Å². The van der Waals surface area contributed by atoms with Crippen LogP contribution in [0.5, 0.6) is 5.75 Å². The van der Waals surface area contributed by atoms with Gasteiger partial charge in [-0.1, -0.05) is 30.3 Å². The molecule has 110 valence electrons. The van der Waals surface area contributed by atoms with Gasteiger partial charge in [0.05, 0.1) is 18.1 Å². The molecular weight excluding hydrogens is 260 g/mol. The Labute approximate surface area is 126 Å². The second-order valence-corrected chi connectivity index (χ2v) is 5.90. The van der Waals surface area contributed by atoms with Crippen LogP contribution in [-0.4, -0.2) is 13.2 Å². The van der Waals surface area contributed by atoms with Gasteiger partial charge in [0.15, 0.2) is 0 Å². The van der Waals surface area contributed by atoms with Crippen molar-refractivity contribution in [3.8, 4) is 11.8 Å². The molecule has 0 aromatic heterocycles. The van der Waals surface area contributed by atoms with Crippen LogP contribution in [0.4, 0.5) is 0 Å². The van der Waals surface area contributed by atoms with E-state index >= 15 is 0 Å². The molecule has 0 atom stereocenters. The molecule has 0 heterocycles. The van der Waals surface area contributed by atoms with Gasteiger partial charge in [0.1, 0.15) is 5.75 Å². The van der Waals surface area contributed by atoms with Crippen LogP contribution in [0.3, 0.4) is 0 Å². The van der Waals surface area contributed by atoms with Crippen molar-refractivity contribution in [2.24, 2.45) is 11.1 Å². The smallest absolute Gasteiger partial charge is 0.123 e. The fourth-order valence-electron chi connectivity index (χ4n) is 2.33. The highest BCUT2D eigenvalue weighted by Crippen LogP contribution is 2.29. The summed E-state index contributed by atoms with van der Waals surface area (Å²) in [5, 5.41) is 11.4. The van der Waals surface area contributed by atoms with Crippen LogP contribution in [0, 0.1) is 16.7 Å². The Balaban J connectivity index is 2.23. The SMILES string of the molecule is CC(C)(C#N)CCOc1ccc2ccccc2c1CCN. The largest absolute Gasteiger partial charge is 0.493 e. The van der Waals surface area contributed by atoms with E-state index in [0.717, 1.165) is 17.7 Å². The number of benzene rings is 2. The second-order valence-electron chi connectivity index (χ2n) is 5.90. The molecular formula is C18H22N2O. The first-order chi connectivity index (χ1) is 10.1. The highest BCUT2D eigenvalue weighted by atomic mass is 16.5. The summed E-state index contributed by atoms with van der Waals surface area (Å²) in [5.41, 5.74) is 6.54. The molecule has 0 saturated heterocycles. The van der Waals surface area contributed by atoms with Gasteiger partial charge in [-0.05, 0) is 50.1 Å². The standard InChI is InChI=1S/C18H22N2O/c1-18(2,13-20)10-12-21-17-8-7-14-5-3-4-6-15(14)16(17)9-11-19/h3-8H,9-12,19H2,1-2H3. The Morgan fingerprint density at radius 1 is 1.19 bits per heavy atom. The van der Waals surface area contributed by atoms with Crippen LogP contribution < -0.4 is 10.5 Å². The number of nitriles is 1. The molecule has 3 nitrogen and oxygen atoms in total. The first-order valence-corrected chi connectivity index (χ1v) is 7.32. The molecule has 0 saturated carbocycles. The molecule has 2 aromatic carbocycles. The highest BCUT2D eigenvalue weighted by Gasteiger charge is 2.17. The Bertz CT molecular complexity index is 656. The third kappa shape index (κ3) is 3.74. The molecule has 0 fully saturated rings. The summed E-state index contributed by atoms with van der Waals surface area (Å²) in [6.07, 6.45) is 1.50. The van der Waals surface area contributed by atoms with Crippen molar-refractivity contribution in [2.45, 2.75) is 26.7 Å². The molecule has 2 N–H and O–H groups in total. The average molecular weight is 282 g/mol. The lowest BCUT2D eigenvalue weighted by Gasteiger charge is -2.18. The summed E-state index contributed by atoms with van der Waals surface area (Å²) in [6.45, 7) is 4.99. The molecule has 0 aliphatic carbocycles. The zero-order chi connectivity index (χ0) is 15.3. The van der Waals surface area contributed by atoms with E-state index in [4.69, 9.17) is 15.7 Å². The maximum Gasteiger partial charge on any atom is 0.123 e. The minimum absolute atomic E-state index is 0.356. The highest BCUT2D eigenvalue weighted by molar-refractivity contribution is 5.87. The van der Waals surface area contributed by atoms with E-state index < -0.39 is 0 Å². The fraction of sp³-hybridized carbons (Fsp3) is 0.389. The first kappa shape index (κ1) is 15.3. The predicted molar refractivity (Wildman–Crippen MR) is 86.2 cm³/mol. The third-order valence-electron chi connectivity index (χ3n) is 3.68. The van der Waals surface area contributed by atoms with Gasteiger partial charge in [-0.15, -0.1) is 0 Å². The zero-order valence-electron chi connectivity index (χ0n) is 12.7. The molecule has 3 heteroatoms. The van der Waals surface area contributed by atoms with Crippen molar-refractivity contribution in [3.05, 3.63) is 42.0 Å². The quantitative estimate of drug-likeness (QED) is 0.879. The Kier molecular flexibility index (Phi) is 4.82. The number of fused-ring (bicyclic) bond motifs is 1. The van der Waals surface area contributed by atoms with Crippen LogP contribution in [0.15, 0.2) is 36.4 Å². The Morgan fingerprint density at radius 2 is 1.95 bits per heavy atom. The molecule has 0 amide bonds. The van der Waals surface area contributed by atoms with Crippen molar-refractivity contribution < 1.29 is 4.74 Å². The molecule has 0 unspecified atom stereocenters. The molecule has 0 aliphatic heterocycles. The first-order valence-electron chi connectivity index (χ1n) is 7.32. The molecule has 0 spiro atoms. The number of nitrogens with zero attached hydrogens (tertiary/aromatic N) is 1. The van der Waals surface area contributed by atoms with E-state index in [1.54, 1.807) is 0 Å². The minimum atomic E-state index is -0.356. The predicted octanol–water partition coefficient (Wildman–Crippen LogP) is 3.66. The molecule has 2 aromatic rings. The van der Waals surface area contributed by atoms with Gasteiger partial charge in [0.25, 0.3) is 0 Å². The average Bonchev–Trinajstić information content (AvgIpc) is 2.49. The summed E-state index contributed by atoms with van der Waals surface area (Å²) in [7, 11) is 0. The van der Waals surface area contributed by atoms with Crippen LogP contribution in [0.25, 0.3) is 10.8 Å². The maximum absolute atomic E-state index is 9.05. The lowest BCUT2D eigenvalue weighted by molar-refractivity contribution is 0.263. The van der Waals surface area contributed by atoms with Crippen LogP contribution in [0.1, 0.15) is 25.8 Å². The van der Waals surface area contributed by atoms with Crippen LogP contribution >= 0.6 is 0 Å². The van der Waals surface area contributed by atoms with Gasteiger partial charge < -0.3 is 10.5 Å². The van der Waals surface area contributed by atoms with Gasteiger partial charge in [-0.25, -0.2) is 0 Å². The van der Waals surface area contributed by atoms with Gasteiger partial charge in [-0.3, -0.25) is 0 Å². The van der Waals surface area contributed by atoms with E-state index in [1.165, 1.54) is 10.8 Å². The van der Waals surface area contributed by atoms with Crippen molar-refractivity contribution in [2.75, 3.05) is 13.2 Å². The Hall–Kier alpha value is -2.05. The summed E-state index contributed by atoms with van der Waals surface area (Å²) < 4.78 is 5.93. The molecule has 0 aliphatic rings. The number of nitrogens with two attached hydrogens (primary N) is 1. The van der Waals surface area contributed by atoms with E-state index in [2.05, 4.69) is 24.3 Å². The lowest BCUT2D eigenvalue weighted by atomic mass is 9.92. The molecule has 21 heavy (non-hydrogen) atoms. The lowest BCUT2D eigenvalue weighted by Crippen LogP contribution is -2.14. The van der Waals surface area contributed by atoms with Gasteiger partial charge >= 0.3 is 0 Å². The zero-order valence-corrected chi connectivity index (χ0v) is 12.7. The monoisotopic (exact) mass is 282 g/mol. The van der Waals surface area contributed by atoms with Crippen molar-refractivity contribution in [3.63, 3.8) is 0 Å². The van der Waals surface area contributed by atoms with E-state index in [1.807, 2.05) is 32.0 Å². The van der Waals surface area contributed by atoms with Crippen LogP contribution in [-0.2, 0) is 6.42 Å². The second kappa shape index (κ2) is 6.60. The van der Waals surface area contributed by atoms with E-state index in [-0.39, 0.29) is 5.41 Å². The van der Waals surface area contributed by atoms with E-state index in [0.29, 0.717) is 19.6 Å².